The second-order valence-electron chi connectivity index (χ2n) is 9.65. The van der Waals surface area contributed by atoms with Gasteiger partial charge >= 0.3 is 5.97 Å². The van der Waals surface area contributed by atoms with E-state index in [0.29, 0.717) is 11.3 Å². The maximum Gasteiger partial charge on any atom is 0.341 e. The molecule has 0 saturated heterocycles. The minimum atomic E-state index is -1.49. The van der Waals surface area contributed by atoms with Crippen molar-refractivity contribution in [3.8, 4) is 5.88 Å². The smallest absolute Gasteiger partial charge is 0.341 e. The quantitative estimate of drug-likeness (QED) is 0.700. The second kappa shape index (κ2) is 6.37. The van der Waals surface area contributed by atoms with E-state index in [0.717, 1.165) is 28.8 Å². The Morgan fingerprint density at radius 2 is 2.09 bits per heavy atom. The number of benzene rings is 1. The van der Waals surface area contributed by atoms with Crippen LogP contribution in [0.2, 0.25) is 0 Å². The molecular weight excluding hydrogens is 408 g/mol. The summed E-state index contributed by atoms with van der Waals surface area (Å²) in [4.78, 5) is 29.8. The van der Waals surface area contributed by atoms with Gasteiger partial charge < -0.3 is 20.1 Å². The third-order valence-electron chi connectivity index (χ3n) is 6.97. The van der Waals surface area contributed by atoms with E-state index in [1.165, 1.54) is 0 Å². The highest BCUT2D eigenvalue weighted by molar-refractivity contribution is 6.20. The number of amides is 1. The minimum Gasteiger partial charge on any atom is -0.462 e. The summed E-state index contributed by atoms with van der Waals surface area (Å²) >= 11 is 0. The molecule has 1 aromatic heterocycles. The molecule has 0 aliphatic carbocycles. The molecule has 4 heterocycles. The highest BCUT2D eigenvalue weighted by Crippen LogP contribution is 2.61. The van der Waals surface area contributed by atoms with E-state index in [2.05, 4.69) is 37.0 Å². The van der Waals surface area contributed by atoms with Gasteiger partial charge in [-0.2, -0.15) is 0 Å². The predicted molar refractivity (Wildman–Crippen MR) is 118 cm³/mol. The van der Waals surface area contributed by atoms with Crippen LogP contribution in [0.3, 0.4) is 0 Å². The lowest BCUT2D eigenvalue weighted by atomic mass is 9.68. The molecule has 3 N–H and O–H groups in total. The summed E-state index contributed by atoms with van der Waals surface area (Å²) in [7, 11) is 0. The molecule has 0 bridgehead atoms. The Labute approximate surface area is 186 Å². The van der Waals surface area contributed by atoms with Gasteiger partial charge in [-0.25, -0.2) is 4.79 Å². The lowest BCUT2D eigenvalue weighted by Crippen LogP contribution is -2.55. The Bertz CT molecular complexity index is 1220. The van der Waals surface area contributed by atoms with Gasteiger partial charge in [0.25, 0.3) is 0 Å². The fraction of sp³-hybridized carbons (Fsp3) is 0.458. The second-order valence-corrected chi connectivity index (χ2v) is 9.65. The van der Waals surface area contributed by atoms with Gasteiger partial charge in [0, 0.05) is 16.8 Å². The average Bonchev–Trinajstić information content (AvgIpc) is 3.17. The van der Waals surface area contributed by atoms with E-state index in [1.54, 1.807) is 6.92 Å². The number of nitrogens with one attached hydrogen (secondary N) is 1. The molecule has 1 amide bonds. The Kier molecular flexibility index (Phi) is 4.10. The third kappa shape index (κ3) is 2.29. The summed E-state index contributed by atoms with van der Waals surface area (Å²) < 4.78 is 11.1. The van der Waals surface area contributed by atoms with Gasteiger partial charge in [0.15, 0.2) is 0 Å². The van der Waals surface area contributed by atoms with E-state index in [1.807, 2.05) is 24.8 Å². The topological polar surface area (TPSA) is 111 Å². The van der Waals surface area contributed by atoms with Crippen LogP contribution in [0.15, 0.2) is 23.6 Å². The number of carbonyl (C=O) groups is 2. The summed E-state index contributed by atoms with van der Waals surface area (Å²) in [5, 5.41) is 7.17. The molecule has 5 rings (SSSR count). The highest BCUT2D eigenvalue weighted by atomic mass is 16.5. The van der Waals surface area contributed by atoms with Crippen LogP contribution in [0.5, 0.6) is 5.88 Å². The number of esters is 1. The number of aryl methyl sites for hydroxylation is 2. The fourth-order valence-corrected chi connectivity index (χ4v) is 5.96. The number of anilines is 1. The van der Waals surface area contributed by atoms with E-state index in [-0.39, 0.29) is 35.8 Å². The minimum absolute atomic E-state index is 0.0204. The molecule has 0 saturated carbocycles. The van der Waals surface area contributed by atoms with Gasteiger partial charge in [-0.3, -0.25) is 9.89 Å². The monoisotopic (exact) mass is 436 g/mol. The number of nitrogens with two attached hydrogens (primary N) is 1. The maximum atomic E-state index is 14.6. The molecule has 1 aromatic carbocycles. The molecule has 8 heteroatoms. The summed E-state index contributed by atoms with van der Waals surface area (Å²) in [6, 6.07) is 4.12. The number of fused-ring (bicyclic) bond motifs is 3. The normalized spacial score (nSPS) is 25.0. The van der Waals surface area contributed by atoms with Crippen molar-refractivity contribution in [2.45, 2.75) is 64.8 Å². The van der Waals surface area contributed by atoms with Crippen molar-refractivity contribution in [3.63, 3.8) is 0 Å². The van der Waals surface area contributed by atoms with Crippen molar-refractivity contribution < 1.29 is 19.1 Å². The summed E-state index contributed by atoms with van der Waals surface area (Å²) in [6.07, 6.45) is 0.798. The zero-order chi connectivity index (χ0) is 23.2. The molecular formula is C24H28N4O4. The third-order valence-corrected chi connectivity index (χ3v) is 6.97. The number of hydrogen-bond donors (Lipinski definition) is 2. The first-order chi connectivity index (χ1) is 15.1. The van der Waals surface area contributed by atoms with Crippen LogP contribution in [-0.4, -0.2) is 34.2 Å². The number of nitrogens with zero attached hydrogens (tertiary/aromatic N) is 2. The molecule has 3 aliphatic heterocycles. The number of rotatable bonds is 2. The van der Waals surface area contributed by atoms with E-state index < -0.39 is 16.9 Å². The van der Waals surface area contributed by atoms with Crippen LogP contribution in [-0.2, 0) is 19.7 Å². The van der Waals surface area contributed by atoms with Crippen molar-refractivity contribution in [1.82, 2.24) is 10.2 Å². The van der Waals surface area contributed by atoms with Gasteiger partial charge in [0.1, 0.15) is 11.0 Å². The first-order valence-corrected chi connectivity index (χ1v) is 11.0. The molecule has 168 valence electrons. The predicted octanol–water partition coefficient (Wildman–Crippen LogP) is 3.07. The summed E-state index contributed by atoms with van der Waals surface area (Å²) in [5.41, 5.74) is 9.25. The number of hydrogen-bond acceptors (Lipinski definition) is 6. The van der Waals surface area contributed by atoms with Crippen LogP contribution in [0.1, 0.15) is 68.0 Å². The van der Waals surface area contributed by atoms with Crippen LogP contribution in [0.25, 0.3) is 0 Å². The van der Waals surface area contributed by atoms with E-state index in [4.69, 9.17) is 15.2 Å². The van der Waals surface area contributed by atoms with Crippen molar-refractivity contribution in [2.75, 3.05) is 11.5 Å². The van der Waals surface area contributed by atoms with E-state index in [9.17, 15) is 9.59 Å². The zero-order valence-electron chi connectivity index (χ0n) is 19.3. The number of H-pyrrole nitrogens is 1. The molecule has 0 fully saturated rings. The first kappa shape index (κ1) is 20.6. The van der Waals surface area contributed by atoms with Crippen molar-refractivity contribution in [3.05, 3.63) is 51.5 Å². The molecule has 2 aromatic rings. The molecule has 0 unspecified atom stereocenters. The van der Waals surface area contributed by atoms with Gasteiger partial charge in [0.2, 0.25) is 17.7 Å². The molecule has 2 atom stereocenters. The van der Waals surface area contributed by atoms with Crippen LogP contribution in [0.4, 0.5) is 5.69 Å². The van der Waals surface area contributed by atoms with Crippen LogP contribution < -0.4 is 15.4 Å². The molecule has 0 radical (unpaired) electrons. The molecule has 32 heavy (non-hydrogen) atoms. The van der Waals surface area contributed by atoms with E-state index >= 15 is 0 Å². The van der Waals surface area contributed by atoms with Gasteiger partial charge in [-0.1, -0.05) is 24.6 Å². The number of aromatic nitrogens is 2. The largest absolute Gasteiger partial charge is 0.462 e. The number of aromatic amines is 1. The Morgan fingerprint density at radius 3 is 2.78 bits per heavy atom. The first-order valence-electron chi connectivity index (χ1n) is 11.0. The van der Waals surface area contributed by atoms with Crippen molar-refractivity contribution in [1.29, 1.82) is 0 Å². The van der Waals surface area contributed by atoms with Gasteiger partial charge in [0.05, 0.1) is 17.9 Å². The Hall–Kier alpha value is -3.29. The maximum absolute atomic E-state index is 14.6. The number of ether oxygens (including phenoxy) is 2. The SMILES string of the molecule is CCOC(=O)C1=C(N)Oc2n[nH]c(C)c2[C@]12C(=O)N1c3c(cc(C)cc32)[C@H](C)CC1(C)C. The van der Waals surface area contributed by atoms with Gasteiger partial charge in [-0.05, 0) is 52.5 Å². The Balaban J connectivity index is 1.96. The molecule has 8 nitrogen and oxygen atoms in total. The van der Waals surface area contributed by atoms with Crippen LogP contribution in [0, 0.1) is 13.8 Å². The molecule has 1 spiro atoms. The van der Waals surface area contributed by atoms with Crippen molar-refractivity contribution in [2.24, 2.45) is 5.73 Å². The fourth-order valence-electron chi connectivity index (χ4n) is 5.96. The molecule has 3 aliphatic rings. The lowest BCUT2D eigenvalue weighted by Gasteiger charge is -2.44. The highest BCUT2D eigenvalue weighted by Gasteiger charge is 2.65. The average molecular weight is 437 g/mol. The van der Waals surface area contributed by atoms with Crippen molar-refractivity contribution >= 4 is 17.6 Å². The summed E-state index contributed by atoms with van der Waals surface area (Å²) in [5.74, 6) is -0.587. The number of carbonyl (C=O) groups excluding carboxylic acids is 2. The Morgan fingerprint density at radius 1 is 1.38 bits per heavy atom. The van der Waals surface area contributed by atoms with Gasteiger partial charge in [-0.15, -0.1) is 5.10 Å². The summed E-state index contributed by atoms with van der Waals surface area (Å²) in [6.45, 7) is 12.0. The zero-order valence-corrected chi connectivity index (χ0v) is 19.3. The standard InChI is InChI=1S/C24H28N4O4/c1-7-31-21(29)17-19(25)32-20-16(13(4)26-27-20)24(17)15-9-11(2)8-14-12(3)10-23(5,6)28(18(14)15)22(24)30/h8-9,12H,7,10,25H2,1-6H3,(H,26,27)/t12-,24+/m1/s1. The lowest BCUT2D eigenvalue weighted by molar-refractivity contribution is -0.141. The van der Waals surface area contributed by atoms with Crippen LogP contribution >= 0.6 is 0 Å².